The zero-order chi connectivity index (χ0) is 19.5. The van der Waals surface area contributed by atoms with Crippen LogP contribution in [0.25, 0.3) is 6.08 Å². The van der Waals surface area contributed by atoms with E-state index in [1.165, 1.54) is 24.6 Å². The number of benzene rings is 1. The minimum Gasteiger partial charge on any atom is -0.481 e. The van der Waals surface area contributed by atoms with Crippen molar-refractivity contribution in [3.05, 3.63) is 60.1 Å². The van der Waals surface area contributed by atoms with E-state index in [-0.39, 0.29) is 6.54 Å². The van der Waals surface area contributed by atoms with Crippen molar-refractivity contribution in [1.29, 1.82) is 0 Å². The average molecular weight is 371 g/mol. The van der Waals surface area contributed by atoms with Crippen molar-refractivity contribution in [1.82, 2.24) is 10.7 Å². The van der Waals surface area contributed by atoms with Gasteiger partial charge < -0.3 is 19.6 Å². The second-order valence-corrected chi connectivity index (χ2v) is 5.08. The van der Waals surface area contributed by atoms with Crippen LogP contribution in [0.4, 0.5) is 0 Å². The largest absolute Gasteiger partial charge is 0.481 e. The van der Waals surface area contributed by atoms with Gasteiger partial charge in [-0.3, -0.25) is 9.59 Å². The predicted octanol–water partition coefficient (Wildman–Crippen LogP) is 1.02. The molecule has 2 aromatic rings. The molecule has 9 nitrogen and oxygen atoms in total. The highest BCUT2D eigenvalue weighted by atomic mass is 16.5. The van der Waals surface area contributed by atoms with Gasteiger partial charge in [0.25, 0.3) is 5.91 Å². The summed E-state index contributed by atoms with van der Waals surface area (Å²) in [6.45, 7) is -0.759. The van der Waals surface area contributed by atoms with E-state index >= 15 is 0 Å². The average Bonchev–Trinajstić information content (AvgIpc) is 3.17. The molecule has 140 valence electrons. The van der Waals surface area contributed by atoms with Crippen LogP contribution in [0.3, 0.4) is 0 Å². The Bertz CT molecular complexity index is 843. The van der Waals surface area contributed by atoms with Crippen LogP contribution in [0.1, 0.15) is 11.3 Å². The summed E-state index contributed by atoms with van der Waals surface area (Å²) in [5.41, 5.74) is 2.74. The third-order valence-electron chi connectivity index (χ3n) is 3.03. The van der Waals surface area contributed by atoms with Crippen LogP contribution in [-0.4, -0.2) is 42.3 Å². The quantitative estimate of drug-likeness (QED) is 0.343. The van der Waals surface area contributed by atoms with Gasteiger partial charge in [0.1, 0.15) is 11.5 Å². The molecule has 1 aromatic carbocycles. The van der Waals surface area contributed by atoms with Gasteiger partial charge in [0.05, 0.1) is 19.0 Å². The number of hydrogen-bond acceptors (Lipinski definition) is 6. The number of amides is 2. The number of carboxylic acid groups (broad SMARTS) is 1. The molecule has 1 heterocycles. The van der Waals surface area contributed by atoms with Gasteiger partial charge >= 0.3 is 5.97 Å². The summed E-state index contributed by atoms with van der Waals surface area (Å²) in [5.74, 6) is -1.27. The Balaban J connectivity index is 1.78. The zero-order valence-electron chi connectivity index (χ0n) is 14.1. The molecule has 0 unspecified atom stereocenters. The summed E-state index contributed by atoms with van der Waals surface area (Å²) in [5, 5.41) is 14.8. The number of nitrogens with one attached hydrogen (secondary N) is 2. The molecule has 0 saturated carbocycles. The Morgan fingerprint density at radius 2 is 2.00 bits per heavy atom. The number of carboxylic acids is 1. The topological polar surface area (TPSA) is 130 Å². The molecule has 27 heavy (non-hydrogen) atoms. The van der Waals surface area contributed by atoms with Crippen LogP contribution in [0.15, 0.2) is 58.3 Å². The molecule has 0 saturated heterocycles. The number of rotatable bonds is 9. The first-order valence-electron chi connectivity index (χ1n) is 7.79. The molecule has 2 amide bonds. The number of para-hydroxylation sites is 1. The monoisotopic (exact) mass is 371 g/mol. The number of carbonyl (C=O) groups is 3. The van der Waals surface area contributed by atoms with Crippen molar-refractivity contribution < 1.29 is 28.6 Å². The van der Waals surface area contributed by atoms with Gasteiger partial charge in [-0.15, -0.1) is 0 Å². The molecule has 0 aliphatic rings. The van der Waals surface area contributed by atoms with Gasteiger partial charge in [-0.1, -0.05) is 12.1 Å². The van der Waals surface area contributed by atoms with Gasteiger partial charge in [-0.2, -0.15) is 5.10 Å². The molecule has 9 heteroatoms. The molecule has 1 aromatic heterocycles. The standard InChI is InChI=1S/C18H17N3O6/c22-16(8-7-14-5-3-9-26-14)19-11-17(23)21-20-10-13-4-1-2-6-15(13)27-12-18(24)25/h1-10H,11-12H2,(H,19,22)(H,21,23)(H,24,25)/b8-7+,20-10+. The highest BCUT2D eigenvalue weighted by molar-refractivity contribution is 5.94. The van der Waals surface area contributed by atoms with Crippen molar-refractivity contribution in [2.75, 3.05) is 13.2 Å². The molecular weight excluding hydrogens is 354 g/mol. The summed E-state index contributed by atoms with van der Waals surface area (Å²) in [7, 11) is 0. The number of aliphatic carboxylic acids is 1. The molecule has 0 bridgehead atoms. The fourth-order valence-corrected chi connectivity index (χ4v) is 1.84. The summed E-state index contributed by atoms with van der Waals surface area (Å²) < 4.78 is 10.2. The van der Waals surface area contributed by atoms with E-state index in [2.05, 4.69) is 15.8 Å². The van der Waals surface area contributed by atoms with E-state index in [0.29, 0.717) is 17.1 Å². The van der Waals surface area contributed by atoms with Crippen LogP contribution in [0.2, 0.25) is 0 Å². The third-order valence-corrected chi connectivity index (χ3v) is 3.03. The van der Waals surface area contributed by atoms with Crippen molar-refractivity contribution in [2.45, 2.75) is 0 Å². The van der Waals surface area contributed by atoms with Gasteiger partial charge in [0.2, 0.25) is 5.91 Å². The minimum atomic E-state index is -1.10. The van der Waals surface area contributed by atoms with Crippen LogP contribution >= 0.6 is 0 Å². The molecule has 0 atom stereocenters. The molecule has 2 rings (SSSR count). The molecule has 0 fully saturated rings. The lowest BCUT2D eigenvalue weighted by molar-refractivity contribution is -0.139. The molecule has 0 radical (unpaired) electrons. The van der Waals surface area contributed by atoms with Gasteiger partial charge in [0.15, 0.2) is 6.61 Å². The second-order valence-electron chi connectivity index (χ2n) is 5.08. The van der Waals surface area contributed by atoms with Crippen LogP contribution in [0, 0.1) is 0 Å². The number of carbonyl (C=O) groups excluding carboxylic acids is 2. The first kappa shape index (κ1) is 19.4. The number of furan rings is 1. The van der Waals surface area contributed by atoms with Gasteiger partial charge in [-0.25, -0.2) is 10.2 Å². The lowest BCUT2D eigenvalue weighted by atomic mass is 10.2. The molecule has 0 aliphatic carbocycles. The highest BCUT2D eigenvalue weighted by Gasteiger charge is 2.05. The Labute approximate surface area is 154 Å². The number of hydrazone groups is 1. The van der Waals surface area contributed by atoms with Crippen molar-refractivity contribution in [3.63, 3.8) is 0 Å². The summed E-state index contributed by atoms with van der Waals surface area (Å²) in [6.07, 6.45) is 5.51. The maximum Gasteiger partial charge on any atom is 0.341 e. The number of hydrogen-bond donors (Lipinski definition) is 3. The fraction of sp³-hybridized carbons (Fsp3) is 0.111. The summed E-state index contributed by atoms with van der Waals surface area (Å²) >= 11 is 0. The minimum absolute atomic E-state index is 0.268. The van der Waals surface area contributed by atoms with Crippen molar-refractivity contribution >= 4 is 30.1 Å². The maximum absolute atomic E-state index is 11.7. The Hall–Kier alpha value is -3.88. The van der Waals surface area contributed by atoms with Gasteiger partial charge in [-0.05, 0) is 30.3 Å². The smallest absolute Gasteiger partial charge is 0.341 e. The van der Waals surface area contributed by atoms with E-state index in [1.807, 2.05) is 0 Å². The normalized spacial score (nSPS) is 10.8. The molecule has 0 spiro atoms. The third kappa shape index (κ3) is 7.26. The predicted molar refractivity (Wildman–Crippen MR) is 96.1 cm³/mol. The number of ether oxygens (including phenoxy) is 1. The van der Waals surface area contributed by atoms with Crippen molar-refractivity contribution in [2.24, 2.45) is 5.10 Å². The maximum atomic E-state index is 11.7. The lowest BCUT2D eigenvalue weighted by Gasteiger charge is -2.06. The van der Waals surface area contributed by atoms with E-state index < -0.39 is 24.4 Å². The highest BCUT2D eigenvalue weighted by Crippen LogP contribution is 2.15. The zero-order valence-corrected chi connectivity index (χ0v) is 14.1. The van der Waals surface area contributed by atoms with Crippen LogP contribution < -0.4 is 15.5 Å². The van der Waals surface area contributed by atoms with E-state index in [4.69, 9.17) is 14.3 Å². The molecule has 0 aliphatic heterocycles. The van der Waals surface area contributed by atoms with Crippen LogP contribution in [-0.2, 0) is 14.4 Å². The Morgan fingerprint density at radius 1 is 1.19 bits per heavy atom. The van der Waals surface area contributed by atoms with Crippen molar-refractivity contribution in [3.8, 4) is 5.75 Å². The Kier molecular flexibility index (Phi) is 7.34. The lowest BCUT2D eigenvalue weighted by Crippen LogP contribution is -2.34. The second kappa shape index (κ2) is 10.2. The van der Waals surface area contributed by atoms with Gasteiger partial charge in [0, 0.05) is 11.6 Å². The summed E-state index contributed by atoms with van der Waals surface area (Å²) in [6, 6.07) is 9.99. The van der Waals surface area contributed by atoms with E-state index in [1.54, 1.807) is 36.4 Å². The molecular formula is C18H17N3O6. The summed E-state index contributed by atoms with van der Waals surface area (Å²) in [4.78, 5) is 33.8. The van der Waals surface area contributed by atoms with Crippen LogP contribution in [0.5, 0.6) is 5.75 Å². The SMILES string of the molecule is O=C(O)COc1ccccc1/C=N/NC(=O)CNC(=O)/C=C/c1ccco1. The first-order chi connectivity index (χ1) is 13.0. The van der Waals surface area contributed by atoms with E-state index in [0.717, 1.165) is 0 Å². The first-order valence-corrected chi connectivity index (χ1v) is 7.79. The Morgan fingerprint density at radius 3 is 2.74 bits per heavy atom. The van der Waals surface area contributed by atoms with E-state index in [9.17, 15) is 14.4 Å². The number of nitrogens with zero attached hydrogens (tertiary/aromatic N) is 1. The molecule has 3 N–H and O–H groups in total. The fourth-order valence-electron chi connectivity index (χ4n) is 1.84.